The molecule has 4 heteroatoms. The molecule has 1 rings (SSSR count). The van der Waals surface area contributed by atoms with Gasteiger partial charge in [0.15, 0.2) is 0 Å². The molecule has 1 N–H and O–H groups in total. The van der Waals surface area contributed by atoms with Crippen LogP contribution in [0.1, 0.15) is 12.5 Å². The van der Waals surface area contributed by atoms with Crippen LogP contribution in [0.3, 0.4) is 0 Å². The quantitative estimate of drug-likeness (QED) is 0.758. The Morgan fingerprint density at radius 1 is 1.47 bits per heavy atom. The van der Waals surface area contributed by atoms with Gasteiger partial charge in [0.1, 0.15) is 6.04 Å². The summed E-state index contributed by atoms with van der Waals surface area (Å²) in [6.45, 7) is 1.71. The molecule has 0 aliphatic heterocycles. The van der Waals surface area contributed by atoms with Crippen LogP contribution in [0.15, 0.2) is 24.3 Å². The number of methoxy groups -OCH3 is 1. The molecule has 1 aromatic carbocycles. The van der Waals surface area contributed by atoms with Gasteiger partial charge in [0.05, 0.1) is 18.7 Å². The summed E-state index contributed by atoms with van der Waals surface area (Å²) in [5.74, 6) is -0.320. The molecule has 15 heavy (non-hydrogen) atoms. The number of rotatable bonds is 3. The largest absolute Gasteiger partial charge is 0.467 e. The Morgan fingerprint density at radius 3 is 2.53 bits per heavy atom. The number of nitrogens with one attached hydrogen (secondary N) is 1. The Labute approximate surface area is 88.5 Å². The Hall–Kier alpha value is -2.02. The van der Waals surface area contributed by atoms with Crippen LogP contribution >= 0.6 is 0 Å². The van der Waals surface area contributed by atoms with Crippen molar-refractivity contribution in [3.8, 4) is 6.07 Å². The van der Waals surface area contributed by atoms with E-state index in [1.54, 1.807) is 31.2 Å². The van der Waals surface area contributed by atoms with E-state index in [0.717, 1.165) is 5.69 Å². The van der Waals surface area contributed by atoms with Gasteiger partial charge in [-0.15, -0.1) is 0 Å². The molecule has 0 saturated heterocycles. The number of esters is 1. The molecule has 0 radical (unpaired) electrons. The molecule has 0 aromatic heterocycles. The van der Waals surface area contributed by atoms with E-state index in [1.807, 2.05) is 6.07 Å². The second-order valence-corrected chi connectivity index (χ2v) is 3.08. The maximum atomic E-state index is 11.1. The topological polar surface area (TPSA) is 62.1 Å². The molecule has 1 aromatic rings. The Balaban J connectivity index is 2.66. The zero-order valence-electron chi connectivity index (χ0n) is 8.65. The lowest BCUT2D eigenvalue weighted by Crippen LogP contribution is -2.27. The van der Waals surface area contributed by atoms with E-state index in [4.69, 9.17) is 5.26 Å². The number of ether oxygens (including phenoxy) is 1. The second kappa shape index (κ2) is 5.01. The molecular formula is C11H12N2O2. The van der Waals surface area contributed by atoms with Crippen LogP contribution in [0.2, 0.25) is 0 Å². The molecule has 0 fully saturated rings. The molecule has 0 heterocycles. The summed E-state index contributed by atoms with van der Waals surface area (Å²) in [7, 11) is 1.35. The third-order valence-corrected chi connectivity index (χ3v) is 1.95. The monoisotopic (exact) mass is 204 g/mol. The van der Waals surface area contributed by atoms with Crippen molar-refractivity contribution in [1.82, 2.24) is 0 Å². The number of carbonyl (C=O) groups is 1. The summed E-state index contributed by atoms with van der Waals surface area (Å²) in [4.78, 5) is 11.1. The average molecular weight is 204 g/mol. The lowest BCUT2D eigenvalue weighted by atomic mass is 10.2. The predicted octanol–water partition coefficient (Wildman–Crippen LogP) is 1.53. The summed E-state index contributed by atoms with van der Waals surface area (Å²) in [5.41, 5.74) is 1.37. The van der Waals surface area contributed by atoms with Crippen molar-refractivity contribution in [1.29, 1.82) is 5.26 Å². The van der Waals surface area contributed by atoms with Crippen molar-refractivity contribution in [2.45, 2.75) is 13.0 Å². The number of anilines is 1. The fraction of sp³-hybridized carbons (Fsp3) is 0.273. The van der Waals surface area contributed by atoms with Gasteiger partial charge >= 0.3 is 5.97 Å². The van der Waals surface area contributed by atoms with Crippen LogP contribution < -0.4 is 5.32 Å². The van der Waals surface area contributed by atoms with E-state index in [2.05, 4.69) is 10.1 Å². The zero-order chi connectivity index (χ0) is 11.3. The smallest absolute Gasteiger partial charge is 0.327 e. The number of carbonyl (C=O) groups excluding carboxylic acids is 1. The first-order chi connectivity index (χ1) is 7.17. The van der Waals surface area contributed by atoms with Crippen molar-refractivity contribution in [2.24, 2.45) is 0 Å². The first-order valence-corrected chi connectivity index (χ1v) is 4.52. The Bertz CT molecular complexity index is 379. The highest BCUT2D eigenvalue weighted by atomic mass is 16.5. The van der Waals surface area contributed by atoms with Gasteiger partial charge in [-0.25, -0.2) is 4.79 Å². The second-order valence-electron chi connectivity index (χ2n) is 3.08. The van der Waals surface area contributed by atoms with Crippen LogP contribution in [-0.2, 0) is 9.53 Å². The van der Waals surface area contributed by atoms with E-state index in [-0.39, 0.29) is 5.97 Å². The summed E-state index contributed by atoms with van der Waals surface area (Å²) < 4.78 is 4.58. The molecule has 0 bridgehead atoms. The molecule has 78 valence electrons. The highest BCUT2D eigenvalue weighted by Gasteiger charge is 2.11. The van der Waals surface area contributed by atoms with Crippen LogP contribution in [0.4, 0.5) is 5.69 Å². The fourth-order valence-electron chi connectivity index (χ4n) is 1.13. The molecule has 0 aliphatic rings. The van der Waals surface area contributed by atoms with Crippen molar-refractivity contribution < 1.29 is 9.53 Å². The SMILES string of the molecule is COC(=O)[C@H](C)Nc1ccc(C#N)cc1. The normalized spacial score (nSPS) is 11.3. The summed E-state index contributed by atoms with van der Waals surface area (Å²) in [6.07, 6.45) is 0. The van der Waals surface area contributed by atoms with Crippen molar-refractivity contribution in [2.75, 3.05) is 12.4 Å². The number of nitrogens with zero attached hydrogens (tertiary/aromatic N) is 1. The van der Waals surface area contributed by atoms with Crippen LogP contribution in [-0.4, -0.2) is 19.1 Å². The number of nitriles is 1. The van der Waals surface area contributed by atoms with Crippen molar-refractivity contribution in [3.05, 3.63) is 29.8 Å². The molecular weight excluding hydrogens is 192 g/mol. The first-order valence-electron chi connectivity index (χ1n) is 4.52. The molecule has 0 aliphatic carbocycles. The highest BCUT2D eigenvalue weighted by molar-refractivity contribution is 5.78. The maximum Gasteiger partial charge on any atom is 0.327 e. The van der Waals surface area contributed by atoms with E-state index in [0.29, 0.717) is 5.56 Å². The van der Waals surface area contributed by atoms with Crippen LogP contribution in [0.5, 0.6) is 0 Å². The molecule has 0 saturated carbocycles. The van der Waals surface area contributed by atoms with Gasteiger partial charge in [-0.3, -0.25) is 0 Å². The fourth-order valence-corrected chi connectivity index (χ4v) is 1.13. The van der Waals surface area contributed by atoms with Crippen LogP contribution in [0.25, 0.3) is 0 Å². The zero-order valence-corrected chi connectivity index (χ0v) is 8.65. The molecule has 0 unspecified atom stereocenters. The average Bonchev–Trinajstić information content (AvgIpc) is 2.29. The summed E-state index contributed by atoms with van der Waals surface area (Å²) in [5, 5.41) is 11.6. The lowest BCUT2D eigenvalue weighted by Gasteiger charge is -2.12. The van der Waals surface area contributed by atoms with Gasteiger partial charge < -0.3 is 10.1 Å². The molecule has 0 amide bonds. The van der Waals surface area contributed by atoms with Gasteiger partial charge in [0, 0.05) is 5.69 Å². The van der Waals surface area contributed by atoms with Gasteiger partial charge in [0.25, 0.3) is 0 Å². The molecule has 0 spiro atoms. The van der Waals surface area contributed by atoms with E-state index in [9.17, 15) is 4.79 Å². The standard InChI is InChI=1S/C11H12N2O2/c1-8(11(14)15-2)13-10-5-3-9(7-12)4-6-10/h3-6,8,13H,1-2H3/t8-/m0/s1. The van der Waals surface area contributed by atoms with E-state index >= 15 is 0 Å². The van der Waals surface area contributed by atoms with Crippen LogP contribution in [0, 0.1) is 11.3 Å². The minimum Gasteiger partial charge on any atom is -0.467 e. The van der Waals surface area contributed by atoms with Gasteiger partial charge in [0.2, 0.25) is 0 Å². The maximum absolute atomic E-state index is 11.1. The Kier molecular flexibility index (Phi) is 3.69. The van der Waals surface area contributed by atoms with Crippen molar-refractivity contribution >= 4 is 11.7 Å². The van der Waals surface area contributed by atoms with Gasteiger partial charge in [-0.1, -0.05) is 0 Å². The molecule has 1 atom stereocenters. The third-order valence-electron chi connectivity index (χ3n) is 1.95. The lowest BCUT2D eigenvalue weighted by molar-refractivity contribution is -0.141. The van der Waals surface area contributed by atoms with E-state index in [1.165, 1.54) is 7.11 Å². The predicted molar refractivity (Wildman–Crippen MR) is 56.3 cm³/mol. The van der Waals surface area contributed by atoms with E-state index < -0.39 is 6.04 Å². The number of benzene rings is 1. The first kappa shape index (κ1) is 11.1. The Morgan fingerprint density at radius 2 is 2.07 bits per heavy atom. The minimum absolute atomic E-state index is 0.320. The van der Waals surface area contributed by atoms with Crippen molar-refractivity contribution in [3.63, 3.8) is 0 Å². The highest BCUT2D eigenvalue weighted by Crippen LogP contribution is 2.10. The van der Waals surface area contributed by atoms with Gasteiger partial charge in [-0.05, 0) is 31.2 Å². The third kappa shape index (κ3) is 2.99. The minimum atomic E-state index is -0.400. The number of hydrogen-bond acceptors (Lipinski definition) is 4. The van der Waals surface area contributed by atoms with Gasteiger partial charge in [-0.2, -0.15) is 5.26 Å². The molecule has 4 nitrogen and oxygen atoms in total. The number of hydrogen-bond donors (Lipinski definition) is 1. The summed E-state index contributed by atoms with van der Waals surface area (Å²) in [6, 6.07) is 8.49. The summed E-state index contributed by atoms with van der Waals surface area (Å²) >= 11 is 0.